The van der Waals surface area contributed by atoms with Gasteiger partial charge in [0.05, 0.1) is 5.56 Å². The molecule has 1 aromatic heterocycles. The lowest BCUT2D eigenvalue weighted by Gasteiger charge is -2.02. The molecule has 1 heterocycles. The molecule has 3 N–H and O–H groups in total. The summed E-state index contributed by atoms with van der Waals surface area (Å²) in [5.74, 6) is 0.00667. The summed E-state index contributed by atoms with van der Waals surface area (Å²) in [6.45, 7) is 3.21. The minimum Gasteiger partial charge on any atom is -0.352 e. The Morgan fingerprint density at radius 2 is 2.38 bits per heavy atom. The van der Waals surface area contributed by atoms with Crippen molar-refractivity contribution in [2.75, 3.05) is 13.1 Å². The van der Waals surface area contributed by atoms with Gasteiger partial charge in [0, 0.05) is 11.9 Å². The van der Waals surface area contributed by atoms with Crippen LogP contribution in [0, 0.1) is 6.92 Å². The van der Waals surface area contributed by atoms with Gasteiger partial charge in [-0.2, -0.15) is 11.3 Å². The Hall–Kier alpha value is -0.870. The molecular weight excluding hydrogens is 184 g/mol. The van der Waals surface area contributed by atoms with E-state index in [0.29, 0.717) is 13.1 Å². The zero-order valence-corrected chi connectivity index (χ0v) is 8.49. The molecule has 72 valence electrons. The van der Waals surface area contributed by atoms with Crippen LogP contribution in [0.1, 0.15) is 22.3 Å². The van der Waals surface area contributed by atoms with E-state index in [1.807, 2.05) is 17.7 Å². The molecule has 0 aromatic carbocycles. The Balaban J connectivity index is 2.45. The number of rotatable bonds is 4. The second kappa shape index (κ2) is 4.99. The fourth-order valence-corrected chi connectivity index (χ4v) is 1.82. The first kappa shape index (κ1) is 10.2. The number of nitrogens with one attached hydrogen (secondary N) is 1. The quantitative estimate of drug-likeness (QED) is 0.713. The van der Waals surface area contributed by atoms with Gasteiger partial charge in [-0.15, -0.1) is 0 Å². The summed E-state index contributed by atoms with van der Waals surface area (Å²) in [5, 5.41) is 6.65. The number of hydrogen-bond donors (Lipinski definition) is 2. The van der Waals surface area contributed by atoms with Crippen molar-refractivity contribution in [3.63, 3.8) is 0 Å². The SMILES string of the molecule is Cc1cscc1C(=O)NCCCN. The largest absolute Gasteiger partial charge is 0.352 e. The molecule has 4 heteroatoms. The van der Waals surface area contributed by atoms with E-state index in [-0.39, 0.29) is 5.91 Å². The fraction of sp³-hybridized carbons (Fsp3) is 0.444. The van der Waals surface area contributed by atoms with Crippen LogP contribution in [-0.4, -0.2) is 19.0 Å². The normalized spacial score (nSPS) is 10.0. The summed E-state index contributed by atoms with van der Waals surface area (Å²) in [4.78, 5) is 11.5. The van der Waals surface area contributed by atoms with Crippen LogP contribution < -0.4 is 11.1 Å². The Kier molecular flexibility index (Phi) is 3.92. The average Bonchev–Trinajstić information content (AvgIpc) is 2.52. The van der Waals surface area contributed by atoms with Crippen molar-refractivity contribution in [1.29, 1.82) is 0 Å². The molecular formula is C9H14N2OS. The first-order valence-electron chi connectivity index (χ1n) is 4.26. The fourth-order valence-electron chi connectivity index (χ4n) is 0.992. The standard InChI is InChI=1S/C9H14N2OS/c1-7-5-13-6-8(7)9(12)11-4-2-3-10/h5-6H,2-4,10H2,1H3,(H,11,12). The molecule has 0 aliphatic carbocycles. The molecule has 0 saturated carbocycles. The molecule has 0 atom stereocenters. The summed E-state index contributed by atoms with van der Waals surface area (Å²) in [6, 6.07) is 0. The van der Waals surface area contributed by atoms with Crippen LogP contribution in [0.4, 0.5) is 0 Å². The zero-order chi connectivity index (χ0) is 9.68. The van der Waals surface area contributed by atoms with E-state index in [1.165, 1.54) is 0 Å². The molecule has 0 aliphatic rings. The Bertz CT molecular complexity index is 283. The molecule has 1 amide bonds. The van der Waals surface area contributed by atoms with Crippen LogP contribution in [0.15, 0.2) is 10.8 Å². The van der Waals surface area contributed by atoms with Gasteiger partial charge in [-0.05, 0) is 30.8 Å². The van der Waals surface area contributed by atoms with Gasteiger partial charge in [0.1, 0.15) is 0 Å². The van der Waals surface area contributed by atoms with Gasteiger partial charge in [0.25, 0.3) is 5.91 Å². The first-order valence-corrected chi connectivity index (χ1v) is 5.21. The highest BCUT2D eigenvalue weighted by molar-refractivity contribution is 7.08. The van der Waals surface area contributed by atoms with E-state index in [4.69, 9.17) is 5.73 Å². The molecule has 1 aromatic rings. The molecule has 0 spiro atoms. The van der Waals surface area contributed by atoms with E-state index in [9.17, 15) is 4.79 Å². The van der Waals surface area contributed by atoms with Crippen LogP contribution in [0.5, 0.6) is 0 Å². The topological polar surface area (TPSA) is 55.1 Å². The van der Waals surface area contributed by atoms with Gasteiger partial charge in [-0.3, -0.25) is 4.79 Å². The molecule has 0 fully saturated rings. The third kappa shape index (κ3) is 2.82. The minimum absolute atomic E-state index is 0.00667. The Morgan fingerprint density at radius 1 is 1.62 bits per heavy atom. The summed E-state index contributed by atoms with van der Waals surface area (Å²) >= 11 is 1.55. The maximum Gasteiger partial charge on any atom is 0.252 e. The van der Waals surface area contributed by atoms with Gasteiger partial charge < -0.3 is 11.1 Å². The van der Waals surface area contributed by atoms with Crippen LogP contribution in [0.2, 0.25) is 0 Å². The van der Waals surface area contributed by atoms with Gasteiger partial charge >= 0.3 is 0 Å². The number of aryl methyl sites for hydroxylation is 1. The average molecular weight is 198 g/mol. The zero-order valence-electron chi connectivity index (χ0n) is 7.67. The molecule has 0 bridgehead atoms. The number of carbonyl (C=O) groups is 1. The van der Waals surface area contributed by atoms with E-state index in [1.54, 1.807) is 11.3 Å². The van der Waals surface area contributed by atoms with Crippen molar-refractivity contribution in [1.82, 2.24) is 5.32 Å². The van der Waals surface area contributed by atoms with Crippen LogP contribution in [0.3, 0.4) is 0 Å². The second-order valence-corrected chi connectivity index (χ2v) is 3.61. The van der Waals surface area contributed by atoms with Gasteiger partial charge in [0.15, 0.2) is 0 Å². The molecule has 3 nitrogen and oxygen atoms in total. The second-order valence-electron chi connectivity index (χ2n) is 2.87. The number of amides is 1. The predicted octanol–water partition coefficient (Wildman–Crippen LogP) is 1.14. The number of carbonyl (C=O) groups excluding carboxylic acids is 1. The summed E-state index contributed by atoms with van der Waals surface area (Å²) in [5.41, 5.74) is 7.13. The summed E-state index contributed by atoms with van der Waals surface area (Å²) < 4.78 is 0. The van der Waals surface area contributed by atoms with Crippen molar-refractivity contribution in [3.05, 3.63) is 21.9 Å². The number of thiophene rings is 1. The van der Waals surface area contributed by atoms with E-state index in [2.05, 4.69) is 5.32 Å². The molecule has 0 unspecified atom stereocenters. The first-order chi connectivity index (χ1) is 6.25. The lowest BCUT2D eigenvalue weighted by molar-refractivity contribution is 0.0953. The van der Waals surface area contributed by atoms with E-state index < -0.39 is 0 Å². The summed E-state index contributed by atoms with van der Waals surface area (Å²) in [7, 11) is 0. The van der Waals surface area contributed by atoms with Crippen molar-refractivity contribution in [2.24, 2.45) is 5.73 Å². The van der Waals surface area contributed by atoms with Gasteiger partial charge in [0.2, 0.25) is 0 Å². The molecule has 0 saturated heterocycles. The highest BCUT2D eigenvalue weighted by atomic mass is 32.1. The van der Waals surface area contributed by atoms with Crippen molar-refractivity contribution >= 4 is 17.2 Å². The van der Waals surface area contributed by atoms with Crippen molar-refractivity contribution < 1.29 is 4.79 Å². The maximum atomic E-state index is 11.5. The van der Waals surface area contributed by atoms with Gasteiger partial charge in [-0.1, -0.05) is 0 Å². The van der Waals surface area contributed by atoms with Crippen molar-refractivity contribution in [2.45, 2.75) is 13.3 Å². The van der Waals surface area contributed by atoms with Crippen LogP contribution in [0.25, 0.3) is 0 Å². The molecule has 1 rings (SSSR count). The lowest BCUT2D eigenvalue weighted by Crippen LogP contribution is -2.26. The minimum atomic E-state index is 0.00667. The highest BCUT2D eigenvalue weighted by Gasteiger charge is 2.07. The smallest absolute Gasteiger partial charge is 0.252 e. The van der Waals surface area contributed by atoms with Crippen molar-refractivity contribution in [3.8, 4) is 0 Å². The molecule has 0 radical (unpaired) electrons. The monoisotopic (exact) mass is 198 g/mol. The molecule has 0 aliphatic heterocycles. The molecule has 13 heavy (non-hydrogen) atoms. The van der Waals surface area contributed by atoms with Crippen LogP contribution in [-0.2, 0) is 0 Å². The van der Waals surface area contributed by atoms with Crippen LogP contribution >= 0.6 is 11.3 Å². The highest BCUT2D eigenvalue weighted by Crippen LogP contribution is 2.12. The van der Waals surface area contributed by atoms with E-state index in [0.717, 1.165) is 17.5 Å². The summed E-state index contributed by atoms with van der Waals surface area (Å²) in [6.07, 6.45) is 0.828. The Labute approximate surface area is 81.9 Å². The predicted molar refractivity (Wildman–Crippen MR) is 55.1 cm³/mol. The van der Waals surface area contributed by atoms with E-state index >= 15 is 0 Å². The number of nitrogens with two attached hydrogens (primary N) is 1. The third-order valence-electron chi connectivity index (χ3n) is 1.77. The number of hydrogen-bond acceptors (Lipinski definition) is 3. The maximum absolute atomic E-state index is 11.5. The Morgan fingerprint density at radius 3 is 2.92 bits per heavy atom. The van der Waals surface area contributed by atoms with Gasteiger partial charge in [-0.25, -0.2) is 0 Å². The lowest BCUT2D eigenvalue weighted by atomic mass is 10.2. The third-order valence-corrected chi connectivity index (χ3v) is 2.63.